The molecule has 0 radical (unpaired) electrons. The Kier molecular flexibility index (Phi) is 5.52. The fourth-order valence-corrected chi connectivity index (χ4v) is 3.30. The van der Waals surface area contributed by atoms with E-state index < -0.39 is 0 Å². The van der Waals surface area contributed by atoms with Gasteiger partial charge in [-0.15, -0.1) is 0 Å². The van der Waals surface area contributed by atoms with Gasteiger partial charge < -0.3 is 5.11 Å². The van der Waals surface area contributed by atoms with Crippen LogP contribution in [0.15, 0.2) is 90.0 Å². The van der Waals surface area contributed by atoms with Gasteiger partial charge in [0.2, 0.25) is 0 Å². The number of carbonyl (C=O) groups excluding carboxylic acids is 1. The smallest absolute Gasteiger partial charge is 0.272 e. The molecule has 0 fully saturated rings. The predicted octanol–water partition coefficient (Wildman–Crippen LogP) is 5.15. The number of aromatic nitrogens is 1. The van der Waals surface area contributed by atoms with E-state index in [9.17, 15) is 9.90 Å². The van der Waals surface area contributed by atoms with Crippen molar-refractivity contribution in [1.82, 2.24) is 10.4 Å². The number of hydrogen-bond donors (Lipinski definition) is 2. The van der Waals surface area contributed by atoms with Gasteiger partial charge in [0.15, 0.2) is 0 Å². The van der Waals surface area contributed by atoms with Crippen LogP contribution < -0.4 is 5.43 Å². The quantitative estimate of drug-likeness (QED) is 0.362. The Morgan fingerprint density at radius 2 is 1.67 bits per heavy atom. The molecular weight excluding hydrogens is 374 g/mol. The summed E-state index contributed by atoms with van der Waals surface area (Å²) in [4.78, 5) is 17.8. The lowest BCUT2D eigenvalue weighted by molar-refractivity contribution is 0.0956. The van der Waals surface area contributed by atoms with Crippen LogP contribution in [0.1, 0.15) is 29.3 Å². The molecule has 5 heteroatoms. The number of benzene rings is 3. The van der Waals surface area contributed by atoms with Gasteiger partial charge in [0.25, 0.3) is 5.91 Å². The summed E-state index contributed by atoms with van der Waals surface area (Å²) in [7, 11) is 0. The minimum atomic E-state index is -0.296. The first-order valence-electron chi connectivity index (χ1n) is 9.77. The van der Waals surface area contributed by atoms with Crippen LogP contribution in [0.3, 0.4) is 0 Å². The first-order chi connectivity index (χ1) is 14.7. The van der Waals surface area contributed by atoms with Crippen molar-refractivity contribution < 1.29 is 9.90 Å². The van der Waals surface area contributed by atoms with E-state index in [0.29, 0.717) is 12.0 Å². The predicted molar refractivity (Wildman–Crippen MR) is 120 cm³/mol. The fourth-order valence-electron chi connectivity index (χ4n) is 3.30. The summed E-state index contributed by atoms with van der Waals surface area (Å²) < 4.78 is 0. The molecule has 1 aromatic heterocycles. The average Bonchev–Trinajstić information content (AvgIpc) is 2.80. The van der Waals surface area contributed by atoms with Crippen LogP contribution in [0.25, 0.3) is 22.2 Å². The number of fused-ring (bicyclic) bond motifs is 1. The highest BCUT2D eigenvalue weighted by atomic mass is 16.3. The highest BCUT2D eigenvalue weighted by Crippen LogP contribution is 2.24. The molecule has 0 atom stereocenters. The molecule has 5 nitrogen and oxygen atoms in total. The van der Waals surface area contributed by atoms with Crippen molar-refractivity contribution in [2.24, 2.45) is 5.10 Å². The minimum Gasteiger partial charge on any atom is -0.508 e. The number of aromatic hydroxyl groups is 1. The lowest BCUT2D eigenvalue weighted by Gasteiger charge is -2.10. The molecule has 0 unspecified atom stereocenters. The molecule has 0 aliphatic rings. The summed E-state index contributed by atoms with van der Waals surface area (Å²) in [5, 5.41) is 14.6. The van der Waals surface area contributed by atoms with Gasteiger partial charge in [0.05, 0.1) is 22.5 Å². The van der Waals surface area contributed by atoms with Crippen molar-refractivity contribution in [2.75, 3.05) is 0 Å². The van der Waals surface area contributed by atoms with Gasteiger partial charge in [0, 0.05) is 10.9 Å². The lowest BCUT2D eigenvalue weighted by atomic mass is 10.0. The molecular formula is C25H21N3O2. The Morgan fingerprint density at radius 3 is 2.40 bits per heavy atom. The zero-order valence-corrected chi connectivity index (χ0v) is 16.5. The number of phenols is 1. The third-order valence-electron chi connectivity index (χ3n) is 4.86. The second kappa shape index (κ2) is 8.57. The zero-order valence-electron chi connectivity index (χ0n) is 16.5. The van der Waals surface area contributed by atoms with Crippen LogP contribution in [-0.2, 0) is 0 Å². The standard InChI is InChI=1S/C25H21N3O2/c1-2-22(18-12-14-19(29)15-13-18)27-28-25(30)21-16-24(17-8-4-3-5-9-17)26-23-11-7-6-10-20(21)23/h3-16,29H,2H2,1H3,(H,28,30)/b27-22-. The van der Waals surface area contributed by atoms with Gasteiger partial charge in [0.1, 0.15) is 5.75 Å². The molecule has 0 spiro atoms. The molecule has 148 valence electrons. The van der Waals surface area contributed by atoms with Crippen LogP contribution in [0.2, 0.25) is 0 Å². The Balaban J connectivity index is 1.71. The van der Waals surface area contributed by atoms with E-state index in [1.807, 2.05) is 61.5 Å². The fraction of sp³-hybridized carbons (Fsp3) is 0.0800. The Bertz CT molecular complexity index is 1220. The molecule has 0 aliphatic carbocycles. The molecule has 4 rings (SSSR count). The van der Waals surface area contributed by atoms with Crippen molar-refractivity contribution in [3.05, 3.63) is 96.1 Å². The molecule has 4 aromatic rings. The maximum atomic E-state index is 13.1. The number of hydrogen-bond acceptors (Lipinski definition) is 4. The summed E-state index contributed by atoms with van der Waals surface area (Å²) in [5.74, 6) is -0.106. The van der Waals surface area contributed by atoms with Gasteiger partial charge in [-0.05, 0) is 48.4 Å². The van der Waals surface area contributed by atoms with Crippen LogP contribution in [0.5, 0.6) is 5.75 Å². The monoisotopic (exact) mass is 395 g/mol. The number of rotatable bonds is 5. The van der Waals surface area contributed by atoms with Crippen molar-refractivity contribution in [1.29, 1.82) is 0 Å². The van der Waals surface area contributed by atoms with Gasteiger partial charge in [-0.25, -0.2) is 10.4 Å². The van der Waals surface area contributed by atoms with Gasteiger partial charge in [-0.3, -0.25) is 4.79 Å². The van der Waals surface area contributed by atoms with E-state index in [0.717, 1.165) is 33.4 Å². The largest absolute Gasteiger partial charge is 0.508 e. The van der Waals surface area contributed by atoms with Crippen LogP contribution in [0.4, 0.5) is 0 Å². The molecule has 0 bridgehead atoms. The summed E-state index contributed by atoms with van der Waals surface area (Å²) in [6.45, 7) is 1.97. The molecule has 2 N–H and O–H groups in total. The van der Waals surface area contributed by atoms with Crippen LogP contribution in [0, 0.1) is 0 Å². The maximum absolute atomic E-state index is 13.1. The average molecular weight is 395 g/mol. The second-order valence-electron chi connectivity index (χ2n) is 6.84. The van der Waals surface area contributed by atoms with Crippen molar-refractivity contribution in [3.63, 3.8) is 0 Å². The molecule has 0 saturated heterocycles. The highest BCUT2D eigenvalue weighted by molar-refractivity contribution is 6.08. The maximum Gasteiger partial charge on any atom is 0.272 e. The Hall–Kier alpha value is -3.99. The number of hydrazone groups is 1. The van der Waals surface area contributed by atoms with Crippen LogP contribution in [-0.4, -0.2) is 21.7 Å². The van der Waals surface area contributed by atoms with Crippen LogP contribution >= 0.6 is 0 Å². The number of phenolic OH excluding ortho intramolecular Hbond substituents is 1. The number of pyridine rings is 1. The molecule has 30 heavy (non-hydrogen) atoms. The van der Waals surface area contributed by atoms with E-state index in [-0.39, 0.29) is 11.7 Å². The number of nitrogens with zero attached hydrogens (tertiary/aromatic N) is 2. The number of carbonyl (C=O) groups is 1. The lowest BCUT2D eigenvalue weighted by Crippen LogP contribution is -2.20. The number of amides is 1. The van der Waals surface area contributed by atoms with E-state index in [1.54, 1.807) is 30.3 Å². The molecule has 1 heterocycles. The normalized spacial score (nSPS) is 11.4. The summed E-state index contributed by atoms with van der Waals surface area (Å²) in [5.41, 5.74) is 7.21. The van der Waals surface area contributed by atoms with Crippen molar-refractivity contribution in [2.45, 2.75) is 13.3 Å². The Labute approximate surface area is 174 Å². The molecule has 0 saturated carbocycles. The molecule has 1 amide bonds. The highest BCUT2D eigenvalue weighted by Gasteiger charge is 2.14. The third-order valence-corrected chi connectivity index (χ3v) is 4.86. The topological polar surface area (TPSA) is 74.6 Å². The van der Waals surface area contributed by atoms with Crippen molar-refractivity contribution >= 4 is 22.5 Å². The van der Waals surface area contributed by atoms with E-state index in [4.69, 9.17) is 4.98 Å². The number of nitrogens with one attached hydrogen (secondary N) is 1. The van der Waals surface area contributed by atoms with E-state index in [2.05, 4.69) is 10.5 Å². The van der Waals surface area contributed by atoms with Gasteiger partial charge in [-0.1, -0.05) is 55.5 Å². The second-order valence-corrected chi connectivity index (χ2v) is 6.84. The first-order valence-corrected chi connectivity index (χ1v) is 9.77. The number of para-hydroxylation sites is 1. The van der Waals surface area contributed by atoms with Gasteiger partial charge >= 0.3 is 0 Å². The minimum absolute atomic E-state index is 0.190. The summed E-state index contributed by atoms with van der Waals surface area (Å²) in [6.07, 6.45) is 0.636. The third kappa shape index (κ3) is 4.05. The summed E-state index contributed by atoms with van der Waals surface area (Å²) >= 11 is 0. The van der Waals surface area contributed by atoms with E-state index in [1.165, 1.54) is 0 Å². The molecule has 3 aromatic carbocycles. The SMILES string of the molecule is CC/C(=N/NC(=O)c1cc(-c2ccccc2)nc2ccccc12)c1ccc(O)cc1. The molecule has 0 aliphatic heterocycles. The summed E-state index contributed by atoms with van der Waals surface area (Å²) in [6, 6.07) is 25.9. The van der Waals surface area contributed by atoms with Gasteiger partial charge in [-0.2, -0.15) is 5.10 Å². The zero-order chi connectivity index (χ0) is 20.9. The first kappa shape index (κ1) is 19.3. The van der Waals surface area contributed by atoms with E-state index >= 15 is 0 Å². The Morgan fingerprint density at radius 1 is 0.967 bits per heavy atom. The van der Waals surface area contributed by atoms with Crippen molar-refractivity contribution in [3.8, 4) is 17.0 Å².